The summed E-state index contributed by atoms with van der Waals surface area (Å²) >= 11 is 0. The lowest BCUT2D eigenvalue weighted by molar-refractivity contribution is -0.146. The van der Waals surface area contributed by atoms with Gasteiger partial charge in [0.2, 0.25) is 0 Å². The number of aliphatic hydroxyl groups excluding tert-OH is 1. The van der Waals surface area contributed by atoms with E-state index in [-0.39, 0.29) is 12.6 Å². The third kappa shape index (κ3) is 7.02. The van der Waals surface area contributed by atoms with E-state index in [1.165, 1.54) is 0 Å². The summed E-state index contributed by atoms with van der Waals surface area (Å²) in [5.74, 6) is -1.37. The number of carbonyl (C=O) groups excluding carboxylic acids is 1. The van der Waals surface area contributed by atoms with E-state index in [0.29, 0.717) is 13.2 Å². The van der Waals surface area contributed by atoms with E-state index in [1.54, 1.807) is 6.92 Å². The fourth-order valence-electron chi connectivity index (χ4n) is 0.888. The molecule has 0 aliphatic rings. The first-order valence-electron chi connectivity index (χ1n) is 5.00. The van der Waals surface area contributed by atoms with Crippen LogP contribution in [-0.2, 0) is 9.53 Å². The number of hydrogen-bond acceptors (Lipinski definition) is 4. The van der Waals surface area contributed by atoms with Gasteiger partial charge in [-0.25, -0.2) is 9.59 Å². The van der Waals surface area contributed by atoms with Crippen molar-refractivity contribution < 1.29 is 24.5 Å². The van der Waals surface area contributed by atoms with Crippen molar-refractivity contribution in [3.05, 3.63) is 0 Å². The lowest BCUT2D eigenvalue weighted by Gasteiger charge is -2.14. The molecule has 0 bridgehead atoms. The molecule has 7 nitrogen and oxygen atoms in total. The van der Waals surface area contributed by atoms with Gasteiger partial charge in [0.15, 0.2) is 6.10 Å². The van der Waals surface area contributed by atoms with Crippen molar-refractivity contribution in [3.63, 3.8) is 0 Å². The topological polar surface area (TPSA) is 108 Å². The van der Waals surface area contributed by atoms with E-state index in [9.17, 15) is 9.59 Å². The normalized spacial score (nSPS) is 13.9. The lowest BCUT2D eigenvalue weighted by atomic mass is 10.3. The Labute approximate surface area is 93.8 Å². The number of aliphatic carboxylic acids is 1. The number of rotatable bonds is 7. The zero-order valence-electron chi connectivity index (χ0n) is 9.40. The molecule has 0 aromatic heterocycles. The second-order valence-electron chi connectivity index (χ2n) is 3.27. The van der Waals surface area contributed by atoms with E-state index in [4.69, 9.17) is 14.9 Å². The van der Waals surface area contributed by atoms with Crippen molar-refractivity contribution in [1.29, 1.82) is 0 Å². The minimum absolute atomic E-state index is 0.179. The monoisotopic (exact) mass is 234 g/mol. The number of aliphatic hydroxyl groups is 1. The Morgan fingerprint density at radius 2 is 2.06 bits per heavy atom. The van der Waals surface area contributed by atoms with E-state index in [1.807, 2.05) is 6.92 Å². The molecule has 16 heavy (non-hydrogen) atoms. The summed E-state index contributed by atoms with van der Waals surface area (Å²) < 4.78 is 5.07. The maximum absolute atomic E-state index is 11.2. The van der Waals surface area contributed by atoms with Crippen LogP contribution in [-0.4, -0.2) is 54.1 Å². The number of amides is 2. The quantitative estimate of drug-likeness (QED) is 0.459. The smallest absolute Gasteiger partial charge is 0.334 e. The molecule has 0 saturated heterocycles. The van der Waals surface area contributed by atoms with Crippen molar-refractivity contribution in [2.24, 2.45) is 0 Å². The second-order valence-corrected chi connectivity index (χ2v) is 3.27. The van der Waals surface area contributed by atoms with E-state index >= 15 is 0 Å². The molecule has 7 heteroatoms. The number of hydrogen-bond donors (Lipinski definition) is 4. The van der Waals surface area contributed by atoms with Crippen LogP contribution < -0.4 is 10.6 Å². The van der Waals surface area contributed by atoms with Gasteiger partial charge in [-0.3, -0.25) is 0 Å². The van der Waals surface area contributed by atoms with Gasteiger partial charge in [-0.2, -0.15) is 0 Å². The number of nitrogens with one attached hydrogen (secondary N) is 2. The van der Waals surface area contributed by atoms with Crippen LogP contribution in [0.15, 0.2) is 0 Å². The summed E-state index contributed by atoms with van der Waals surface area (Å²) in [4.78, 5) is 21.4. The van der Waals surface area contributed by atoms with Crippen molar-refractivity contribution >= 4 is 12.0 Å². The molecule has 94 valence electrons. The average molecular weight is 234 g/mol. The minimum atomic E-state index is -1.59. The van der Waals surface area contributed by atoms with Crippen molar-refractivity contribution in [1.82, 2.24) is 10.6 Å². The largest absolute Gasteiger partial charge is 0.479 e. The molecule has 0 aromatic carbocycles. The molecular weight excluding hydrogens is 216 g/mol. The summed E-state index contributed by atoms with van der Waals surface area (Å²) in [6.45, 7) is 4.21. The molecule has 0 aromatic rings. The highest BCUT2D eigenvalue weighted by Crippen LogP contribution is 1.85. The van der Waals surface area contributed by atoms with Gasteiger partial charge in [-0.15, -0.1) is 0 Å². The minimum Gasteiger partial charge on any atom is -0.479 e. The zero-order chi connectivity index (χ0) is 12.6. The second kappa shape index (κ2) is 7.89. The summed E-state index contributed by atoms with van der Waals surface area (Å²) in [7, 11) is 0. The number of urea groups is 1. The Morgan fingerprint density at radius 1 is 1.44 bits per heavy atom. The molecule has 0 radical (unpaired) electrons. The zero-order valence-corrected chi connectivity index (χ0v) is 9.40. The molecule has 0 aliphatic heterocycles. The number of carboxylic acids is 1. The molecular formula is C9H18N2O5. The van der Waals surface area contributed by atoms with Gasteiger partial charge in [0.05, 0.1) is 19.2 Å². The standard InChI is InChI=1S/C9H18N2O5/c1-3-16-5-6(2)11-9(15)10-4-7(12)8(13)14/h6-7,12H,3-5H2,1-2H3,(H,13,14)(H2,10,11,15)/t6?,7-/m0/s1. The van der Waals surface area contributed by atoms with E-state index in [0.717, 1.165) is 0 Å². The molecule has 0 fully saturated rings. The lowest BCUT2D eigenvalue weighted by Crippen LogP contribution is -2.46. The van der Waals surface area contributed by atoms with Crippen molar-refractivity contribution in [2.75, 3.05) is 19.8 Å². The molecule has 2 atom stereocenters. The SMILES string of the molecule is CCOCC(C)NC(=O)NC[C@H](O)C(=O)O. The summed E-state index contributed by atoms with van der Waals surface area (Å²) in [5, 5.41) is 22.0. The average Bonchev–Trinajstić information content (AvgIpc) is 2.22. The van der Waals surface area contributed by atoms with Gasteiger partial charge >= 0.3 is 12.0 Å². The van der Waals surface area contributed by atoms with E-state index < -0.39 is 18.1 Å². The first kappa shape index (κ1) is 14.7. The van der Waals surface area contributed by atoms with Crippen LogP contribution in [0.3, 0.4) is 0 Å². The van der Waals surface area contributed by atoms with Gasteiger partial charge in [-0.1, -0.05) is 0 Å². The number of carbonyl (C=O) groups is 2. The van der Waals surface area contributed by atoms with Gasteiger partial charge in [0.1, 0.15) is 0 Å². The summed E-state index contributed by atoms with van der Waals surface area (Å²) in [6, 6.07) is -0.713. The fourth-order valence-corrected chi connectivity index (χ4v) is 0.888. The van der Waals surface area contributed by atoms with Crippen molar-refractivity contribution in [2.45, 2.75) is 26.0 Å². The van der Waals surface area contributed by atoms with Crippen LogP contribution in [0.1, 0.15) is 13.8 Å². The first-order chi connectivity index (χ1) is 7.47. The van der Waals surface area contributed by atoms with Crippen LogP contribution in [0.4, 0.5) is 4.79 Å². The molecule has 4 N–H and O–H groups in total. The molecule has 0 heterocycles. The fraction of sp³-hybridized carbons (Fsp3) is 0.778. The van der Waals surface area contributed by atoms with Gasteiger partial charge < -0.3 is 25.6 Å². The third-order valence-corrected chi connectivity index (χ3v) is 1.69. The van der Waals surface area contributed by atoms with Gasteiger partial charge in [-0.05, 0) is 13.8 Å². The summed E-state index contributed by atoms with van der Waals surface area (Å²) in [6.07, 6.45) is -1.59. The van der Waals surface area contributed by atoms with Crippen LogP contribution in [0, 0.1) is 0 Å². The van der Waals surface area contributed by atoms with Crippen molar-refractivity contribution in [3.8, 4) is 0 Å². The number of ether oxygens (including phenoxy) is 1. The van der Waals surface area contributed by atoms with Gasteiger partial charge in [0.25, 0.3) is 0 Å². The highest BCUT2D eigenvalue weighted by atomic mass is 16.5. The molecule has 0 saturated carbocycles. The van der Waals surface area contributed by atoms with Crippen LogP contribution in [0.5, 0.6) is 0 Å². The van der Waals surface area contributed by atoms with Crippen LogP contribution in [0.25, 0.3) is 0 Å². The Morgan fingerprint density at radius 3 is 2.56 bits per heavy atom. The number of carboxylic acid groups (broad SMARTS) is 1. The summed E-state index contributed by atoms with van der Waals surface area (Å²) in [5.41, 5.74) is 0. The Balaban J connectivity index is 3.69. The van der Waals surface area contributed by atoms with Crippen LogP contribution >= 0.6 is 0 Å². The molecule has 0 spiro atoms. The van der Waals surface area contributed by atoms with Crippen LogP contribution in [0.2, 0.25) is 0 Å². The maximum atomic E-state index is 11.2. The highest BCUT2D eigenvalue weighted by molar-refractivity contribution is 5.76. The first-order valence-corrected chi connectivity index (χ1v) is 5.00. The molecule has 2 amide bonds. The predicted octanol–water partition coefficient (Wildman–Crippen LogP) is -0.844. The predicted molar refractivity (Wildman–Crippen MR) is 56.1 cm³/mol. The highest BCUT2D eigenvalue weighted by Gasteiger charge is 2.14. The van der Waals surface area contributed by atoms with Gasteiger partial charge in [0, 0.05) is 6.61 Å². The maximum Gasteiger partial charge on any atom is 0.334 e. The molecule has 0 aliphatic carbocycles. The Bertz CT molecular complexity index is 234. The Hall–Kier alpha value is -1.34. The Kier molecular flexibility index (Phi) is 7.23. The third-order valence-electron chi connectivity index (χ3n) is 1.69. The molecule has 1 unspecified atom stereocenters. The van der Waals surface area contributed by atoms with E-state index in [2.05, 4.69) is 10.6 Å². The molecule has 0 rings (SSSR count).